The zero-order chi connectivity index (χ0) is 18.4. The first kappa shape index (κ1) is 17.6. The standard InChI is InChI=1S/C21H20N2O3/c1-2-19-18(17-8-3-4-9-20(17)26-19)10-11-21(24)23(13-6-12-22)15-16-7-5-14-25-16/h3-5,7-11,14H,2,6,13,15H2,1H3/b11-10+. The van der Waals surface area contributed by atoms with Crippen LogP contribution in [0, 0.1) is 11.3 Å². The molecule has 0 radical (unpaired) electrons. The molecule has 26 heavy (non-hydrogen) atoms. The van der Waals surface area contributed by atoms with Crippen molar-refractivity contribution < 1.29 is 13.6 Å². The van der Waals surface area contributed by atoms with Crippen LogP contribution in [0.5, 0.6) is 0 Å². The number of fused-ring (bicyclic) bond motifs is 1. The van der Waals surface area contributed by atoms with Crippen LogP contribution >= 0.6 is 0 Å². The number of benzene rings is 1. The molecule has 0 fully saturated rings. The van der Waals surface area contributed by atoms with E-state index in [-0.39, 0.29) is 12.3 Å². The van der Waals surface area contributed by atoms with E-state index < -0.39 is 0 Å². The summed E-state index contributed by atoms with van der Waals surface area (Å²) in [7, 11) is 0. The molecule has 0 saturated heterocycles. The van der Waals surface area contributed by atoms with E-state index in [0.717, 1.165) is 28.7 Å². The molecule has 0 bridgehead atoms. The van der Waals surface area contributed by atoms with Crippen LogP contribution in [0.3, 0.4) is 0 Å². The molecule has 0 atom stereocenters. The molecule has 2 heterocycles. The minimum absolute atomic E-state index is 0.163. The summed E-state index contributed by atoms with van der Waals surface area (Å²) in [5, 5.41) is 9.84. The van der Waals surface area contributed by atoms with Crippen LogP contribution in [-0.2, 0) is 17.8 Å². The largest absolute Gasteiger partial charge is 0.467 e. The lowest BCUT2D eigenvalue weighted by atomic mass is 10.1. The van der Waals surface area contributed by atoms with Crippen LogP contribution in [0.2, 0.25) is 0 Å². The lowest BCUT2D eigenvalue weighted by molar-refractivity contribution is -0.126. The maximum Gasteiger partial charge on any atom is 0.247 e. The van der Waals surface area contributed by atoms with Crippen molar-refractivity contribution in [1.82, 2.24) is 4.90 Å². The third kappa shape index (κ3) is 3.86. The van der Waals surface area contributed by atoms with E-state index in [1.54, 1.807) is 23.3 Å². The fourth-order valence-corrected chi connectivity index (χ4v) is 2.86. The van der Waals surface area contributed by atoms with Crippen molar-refractivity contribution in [1.29, 1.82) is 5.26 Å². The average Bonchev–Trinajstić information content (AvgIpc) is 3.30. The van der Waals surface area contributed by atoms with E-state index in [0.29, 0.717) is 18.8 Å². The van der Waals surface area contributed by atoms with Crippen LogP contribution in [0.1, 0.15) is 30.4 Å². The molecule has 0 saturated carbocycles. The van der Waals surface area contributed by atoms with Gasteiger partial charge in [-0.3, -0.25) is 4.79 Å². The molecule has 3 aromatic rings. The molecule has 2 aromatic heterocycles. The van der Waals surface area contributed by atoms with Crippen molar-refractivity contribution in [2.75, 3.05) is 6.54 Å². The predicted molar refractivity (Wildman–Crippen MR) is 99.0 cm³/mol. The van der Waals surface area contributed by atoms with E-state index in [9.17, 15) is 4.79 Å². The zero-order valence-electron chi connectivity index (χ0n) is 14.6. The van der Waals surface area contributed by atoms with Crippen LogP contribution in [0.25, 0.3) is 17.0 Å². The topological polar surface area (TPSA) is 70.4 Å². The Kier molecular flexibility index (Phi) is 5.55. The van der Waals surface area contributed by atoms with Crippen molar-refractivity contribution in [3.8, 4) is 6.07 Å². The van der Waals surface area contributed by atoms with Crippen molar-refractivity contribution in [3.63, 3.8) is 0 Å². The predicted octanol–water partition coefficient (Wildman–Crippen LogP) is 4.54. The van der Waals surface area contributed by atoms with Gasteiger partial charge in [-0.25, -0.2) is 0 Å². The minimum Gasteiger partial charge on any atom is -0.467 e. The summed E-state index contributed by atoms with van der Waals surface area (Å²) in [4.78, 5) is 14.3. The van der Waals surface area contributed by atoms with Gasteiger partial charge in [0.15, 0.2) is 0 Å². The minimum atomic E-state index is -0.163. The number of rotatable bonds is 7. The van der Waals surface area contributed by atoms with Crippen molar-refractivity contribution in [2.24, 2.45) is 0 Å². The number of aryl methyl sites for hydroxylation is 1. The zero-order valence-corrected chi connectivity index (χ0v) is 14.6. The Labute approximate surface area is 152 Å². The maximum absolute atomic E-state index is 12.7. The van der Waals surface area contributed by atoms with Gasteiger partial charge in [0.1, 0.15) is 17.1 Å². The molecule has 0 aliphatic heterocycles. The number of nitrogens with zero attached hydrogens (tertiary/aromatic N) is 2. The van der Waals surface area contributed by atoms with Crippen LogP contribution in [0.15, 0.2) is 57.6 Å². The maximum atomic E-state index is 12.7. The molecule has 3 rings (SSSR count). The van der Waals surface area contributed by atoms with Gasteiger partial charge in [0.05, 0.1) is 25.3 Å². The summed E-state index contributed by atoms with van der Waals surface area (Å²) in [6, 6.07) is 13.5. The third-order valence-corrected chi connectivity index (χ3v) is 4.16. The molecule has 1 aromatic carbocycles. The first-order chi connectivity index (χ1) is 12.7. The number of furan rings is 2. The number of carbonyl (C=O) groups excluding carboxylic acids is 1. The summed E-state index contributed by atoms with van der Waals surface area (Å²) in [5.41, 5.74) is 1.74. The summed E-state index contributed by atoms with van der Waals surface area (Å²) < 4.78 is 11.2. The first-order valence-electron chi connectivity index (χ1n) is 8.59. The van der Waals surface area contributed by atoms with E-state index in [1.165, 1.54) is 6.08 Å². The highest BCUT2D eigenvalue weighted by Gasteiger charge is 2.14. The summed E-state index contributed by atoms with van der Waals surface area (Å²) >= 11 is 0. The molecule has 0 unspecified atom stereocenters. The fourth-order valence-electron chi connectivity index (χ4n) is 2.86. The Morgan fingerprint density at radius 2 is 2.12 bits per heavy atom. The van der Waals surface area contributed by atoms with Crippen LogP contribution in [0.4, 0.5) is 0 Å². The van der Waals surface area contributed by atoms with E-state index in [4.69, 9.17) is 14.1 Å². The SMILES string of the molecule is CCc1oc2ccccc2c1/C=C/C(=O)N(CCC#N)Cc1ccco1. The molecular weight excluding hydrogens is 328 g/mol. The summed E-state index contributed by atoms with van der Waals surface area (Å²) in [5.74, 6) is 1.38. The van der Waals surface area contributed by atoms with Gasteiger partial charge in [0, 0.05) is 30.0 Å². The number of hydrogen-bond acceptors (Lipinski definition) is 4. The van der Waals surface area contributed by atoms with Crippen molar-refractivity contribution >= 4 is 23.0 Å². The van der Waals surface area contributed by atoms with Gasteiger partial charge in [-0.2, -0.15) is 5.26 Å². The lowest BCUT2D eigenvalue weighted by Crippen LogP contribution is -2.29. The normalized spacial score (nSPS) is 11.1. The highest BCUT2D eigenvalue weighted by molar-refractivity contribution is 5.96. The van der Waals surface area contributed by atoms with Gasteiger partial charge in [0.25, 0.3) is 0 Å². The molecule has 0 aliphatic carbocycles. The fraction of sp³-hybridized carbons (Fsp3) is 0.238. The molecule has 132 valence electrons. The number of carbonyl (C=O) groups is 1. The van der Waals surface area contributed by atoms with Crippen LogP contribution in [-0.4, -0.2) is 17.4 Å². The third-order valence-electron chi connectivity index (χ3n) is 4.16. The number of para-hydroxylation sites is 1. The van der Waals surface area contributed by atoms with Gasteiger partial charge < -0.3 is 13.7 Å². The Morgan fingerprint density at radius 3 is 2.85 bits per heavy atom. The molecule has 1 amide bonds. The van der Waals surface area contributed by atoms with Crippen molar-refractivity contribution in [2.45, 2.75) is 26.3 Å². The van der Waals surface area contributed by atoms with Gasteiger partial charge in [-0.1, -0.05) is 25.1 Å². The second-order valence-electron chi connectivity index (χ2n) is 5.87. The second kappa shape index (κ2) is 8.21. The first-order valence-corrected chi connectivity index (χ1v) is 8.59. The molecular formula is C21H20N2O3. The molecule has 5 heteroatoms. The average molecular weight is 348 g/mol. The Balaban J connectivity index is 1.83. The quantitative estimate of drug-likeness (QED) is 0.588. The van der Waals surface area contributed by atoms with Gasteiger partial charge in [-0.05, 0) is 24.3 Å². The number of nitriles is 1. The monoisotopic (exact) mass is 348 g/mol. The molecule has 0 N–H and O–H groups in total. The van der Waals surface area contributed by atoms with Gasteiger partial charge in [-0.15, -0.1) is 0 Å². The molecule has 0 spiro atoms. The Bertz CT molecular complexity index is 945. The number of hydrogen-bond donors (Lipinski definition) is 0. The van der Waals surface area contributed by atoms with E-state index in [2.05, 4.69) is 6.07 Å². The van der Waals surface area contributed by atoms with Gasteiger partial charge in [0.2, 0.25) is 5.91 Å². The Morgan fingerprint density at radius 1 is 1.27 bits per heavy atom. The summed E-state index contributed by atoms with van der Waals surface area (Å²) in [6.07, 6.45) is 5.93. The lowest BCUT2D eigenvalue weighted by Gasteiger charge is -2.18. The van der Waals surface area contributed by atoms with Gasteiger partial charge >= 0.3 is 0 Å². The van der Waals surface area contributed by atoms with E-state index in [1.807, 2.05) is 37.3 Å². The second-order valence-corrected chi connectivity index (χ2v) is 5.87. The molecule has 0 aliphatic rings. The van der Waals surface area contributed by atoms with Crippen LogP contribution < -0.4 is 0 Å². The Hall–Kier alpha value is -3.26. The van der Waals surface area contributed by atoms with E-state index >= 15 is 0 Å². The number of amides is 1. The highest BCUT2D eigenvalue weighted by atomic mass is 16.3. The highest BCUT2D eigenvalue weighted by Crippen LogP contribution is 2.27. The smallest absolute Gasteiger partial charge is 0.247 e. The van der Waals surface area contributed by atoms with Crippen molar-refractivity contribution in [3.05, 3.63) is 65.8 Å². The summed E-state index contributed by atoms with van der Waals surface area (Å²) in [6.45, 7) is 2.71. The molecule has 5 nitrogen and oxygen atoms in total.